The van der Waals surface area contributed by atoms with E-state index in [4.69, 9.17) is 4.74 Å². The van der Waals surface area contributed by atoms with E-state index in [2.05, 4.69) is 17.2 Å². The van der Waals surface area contributed by atoms with Crippen LogP contribution < -0.4 is 10.1 Å². The number of nitrogens with one attached hydrogen (secondary N) is 1. The summed E-state index contributed by atoms with van der Waals surface area (Å²) in [5.41, 5.74) is 2.14. The molecule has 0 saturated carbocycles. The third-order valence-electron chi connectivity index (χ3n) is 3.36. The van der Waals surface area contributed by atoms with Crippen LogP contribution in [0.2, 0.25) is 0 Å². The smallest absolute Gasteiger partial charge is 0.137 e. The second-order valence-corrected chi connectivity index (χ2v) is 5.00. The Kier molecular flexibility index (Phi) is 5.28. The zero-order valence-electron chi connectivity index (χ0n) is 12.7. The van der Waals surface area contributed by atoms with Crippen LogP contribution in [0.5, 0.6) is 5.75 Å². The van der Waals surface area contributed by atoms with Crippen molar-refractivity contribution < 1.29 is 9.13 Å². The van der Waals surface area contributed by atoms with Crippen molar-refractivity contribution in [2.75, 3.05) is 13.7 Å². The van der Waals surface area contributed by atoms with Gasteiger partial charge in [-0.1, -0.05) is 25.1 Å². The molecule has 0 saturated heterocycles. The molecule has 1 aromatic heterocycles. The van der Waals surface area contributed by atoms with Gasteiger partial charge in [0.15, 0.2) is 0 Å². The maximum Gasteiger partial charge on any atom is 0.137 e. The van der Waals surface area contributed by atoms with E-state index in [9.17, 15) is 4.39 Å². The lowest BCUT2D eigenvalue weighted by molar-refractivity contribution is 0.315. The first kappa shape index (κ1) is 15.4. The summed E-state index contributed by atoms with van der Waals surface area (Å²) in [4.78, 5) is 4.20. The van der Waals surface area contributed by atoms with Crippen molar-refractivity contribution in [1.82, 2.24) is 10.3 Å². The molecular formula is C17H21FN2O. The molecule has 0 aliphatic heterocycles. The molecule has 1 aromatic carbocycles. The summed E-state index contributed by atoms with van der Waals surface area (Å²) < 4.78 is 19.9. The Morgan fingerprint density at radius 2 is 2.14 bits per heavy atom. The number of rotatable bonds is 6. The largest absolute Gasteiger partial charge is 0.492 e. The Balaban J connectivity index is 2.35. The lowest BCUT2D eigenvalue weighted by Crippen LogP contribution is -2.19. The SMILES string of the molecule is CCCOc1cncc(C(NC)c2cccc(C)c2F)c1. The van der Waals surface area contributed by atoms with Gasteiger partial charge in [0.2, 0.25) is 0 Å². The molecular weight excluding hydrogens is 267 g/mol. The maximum atomic E-state index is 14.3. The van der Waals surface area contributed by atoms with Gasteiger partial charge in [0.05, 0.1) is 18.8 Å². The second-order valence-electron chi connectivity index (χ2n) is 5.00. The van der Waals surface area contributed by atoms with Crippen molar-refractivity contribution in [2.24, 2.45) is 0 Å². The number of aromatic nitrogens is 1. The highest BCUT2D eigenvalue weighted by Crippen LogP contribution is 2.27. The summed E-state index contributed by atoms with van der Waals surface area (Å²) in [5, 5.41) is 3.15. The monoisotopic (exact) mass is 288 g/mol. The molecule has 0 radical (unpaired) electrons. The third kappa shape index (κ3) is 3.58. The predicted octanol–water partition coefficient (Wildman–Crippen LogP) is 3.63. The molecule has 1 unspecified atom stereocenters. The van der Waals surface area contributed by atoms with E-state index in [1.165, 1.54) is 0 Å². The Hall–Kier alpha value is -1.94. The topological polar surface area (TPSA) is 34.1 Å². The zero-order valence-corrected chi connectivity index (χ0v) is 12.7. The highest BCUT2D eigenvalue weighted by molar-refractivity contribution is 5.36. The highest BCUT2D eigenvalue weighted by atomic mass is 19.1. The van der Waals surface area contributed by atoms with Crippen molar-refractivity contribution in [3.63, 3.8) is 0 Å². The molecule has 2 aromatic rings. The van der Waals surface area contributed by atoms with E-state index in [0.717, 1.165) is 12.0 Å². The second kappa shape index (κ2) is 7.18. The van der Waals surface area contributed by atoms with E-state index in [1.807, 2.05) is 19.2 Å². The normalized spacial score (nSPS) is 12.2. The molecule has 1 atom stereocenters. The molecule has 21 heavy (non-hydrogen) atoms. The Morgan fingerprint density at radius 3 is 2.86 bits per heavy atom. The summed E-state index contributed by atoms with van der Waals surface area (Å²) >= 11 is 0. The number of hydrogen-bond acceptors (Lipinski definition) is 3. The number of benzene rings is 1. The van der Waals surface area contributed by atoms with Gasteiger partial charge < -0.3 is 10.1 Å². The molecule has 0 aliphatic carbocycles. The van der Waals surface area contributed by atoms with Crippen molar-refractivity contribution in [3.8, 4) is 5.75 Å². The predicted molar refractivity (Wildman–Crippen MR) is 82.1 cm³/mol. The van der Waals surface area contributed by atoms with Gasteiger partial charge in [-0.25, -0.2) is 4.39 Å². The minimum Gasteiger partial charge on any atom is -0.492 e. The highest BCUT2D eigenvalue weighted by Gasteiger charge is 2.18. The Bertz CT molecular complexity index is 601. The fraction of sp³-hybridized carbons (Fsp3) is 0.353. The summed E-state index contributed by atoms with van der Waals surface area (Å²) in [6.07, 6.45) is 4.35. The minimum atomic E-state index is -0.248. The van der Waals surface area contributed by atoms with Crippen LogP contribution in [0.25, 0.3) is 0 Å². The van der Waals surface area contributed by atoms with Crippen LogP contribution in [0, 0.1) is 12.7 Å². The van der Waals surface area contributed by atoms with Crippen LogP contribution >= 0.6 is 0 Å². The number of hydrogen-bond donors (Lipinski definition) is 1. The number of halogens is 1. The van der Waals surface area contributed by atoms with Crippen molar-refractivity contribution in [3.05, 3.63) is 59.2 Å². The lowest BCUT2D eigenvalue weighted by Gasteiger charge is -2.19. The average Bonchev–Trinajstić information content (AvgIpc) is 2.50. The number of ether oxygens (including phenoxy) is 1. The van der Waals surface area contributed by atoms with Crippen LogP contribution in [-0.2, 0) is 0 Å². The lowest BCUT2D eigenvalue weighted by atomic mass is 9.98. The fourth-order valence-corrected chi connectivity index (χ4v) is 2.29. The van der Waals surface area contributed by atoms with E-state index in [-0.39, 0.29) is 11.9 Å². The van der Waals surface area contributed by atoms with Crippen molar-refractivity contribution in [2.45, 2.75) is 26.3 Å². The first-order chi connectivity index (χ1) is 10.2. The maximum absolute atomic E-state index is 14.3. The van der Waals surface area contributed by atoms with Gasteiger partial charge >= 0.3 is 0 Å². The quantitative estimate of drug-likeness (QED) is 0.881. The molecule has 112 valence electrons. The van der Waals surface area contributed by atoms with Crippen molar-refractivity contribution in [1.29, 1.82) is 0 Å². The molecule has 1 heterocycles. The first-order valence-electron chi connectivity index (χ1n) is 7.17. The van der Waals surface area contributed by atoms with Crippen LogP contribution in [0.3, 0.4) is 0 Å². The standard InChI is InChI=1S/C17H21FN2O/c1-4-8-21-14-9-13(10-20-11-14)17(19-3)15-7-5-6-12(2)16(15)18/h5-7,9-11,17,19H,4,8H2,1-3H3. The van der Waals surface area contributed by atoms with Crippen LogP contribution in [0.15, 0.2) is 36.7 Å². The Morgan fingerprint density at radius 1 is 1.33 bits per heavy atom. The molecule has 4 heteroatoms. The fourth-order valence-electron chi connectivity index (χ4n) is 2.29. The van der Waals surface area contributed by atoms with Gasteiger partial charge in [0.1, 0.15) is 11.6 Å². The van der Waals surface area contributed by atoms with E-state index in [0.29, 0.717) is 23.5 Å². The number of pyridine rings is 1. The zero-order chi connectivity index (χ0) is 15.2. The first-order valence-corrected chi connectivity index (χ1v) is 7.17. The molecule has 0 amide bonds. The van der Waals surface area contributed by atoms with E-state index in [1.54, 1.807) is 31.5 Å². The van der Waals surface area contributed by atoms with E-state index >= 15 is 0 Å². The van der Waals surface area contributed by atoms with Gasteiger partial charge in [-0.15, -0.1) is 0 Å². The van der Waals surface area contributed by atoms with Crippen molar-refractivity contribution >= 4 is 0 Å². The molecule has 0 fully saturated rings. The molecule has 0 aliphatic rings. The average molecular weight is 288 g/mol. The van der Waals surface area contributed by atoms with Crippen LogP contribution in [0.1, 0.15) is 36.1 Å². The molecule has 0 spiro atoms. The van der Waals surface area contributed by atoms with Gasteiger partial charge in [0, 0.05) is 11.8 Å². The van der Waals surface area contributed by atoms with Crippen LogP contribution in [-0.4, -0.2) is 18.6 Å². The third-order valence-corrected chi connectivity index (χ3v) is 3.36. The molecule has 3 nitrogen and oxygen atoms in total. The molecule has 2 rings (SSSR count). The van der Waals surface area contributed by atoms with Crippen LogP contribution in [0.4, 0.5) is 4.39 Å². The molecule has 0 bridgehead atoms. The number of nitrogens with zero attached hydrogens (tertiary/aromatic N) is 1. The van der Waals surface area contributed by atoms with E-state index < -0.39 is 0 Å². The summed E-state index contributed by atoms with van der Waals surface area (Å²) in [7, 11) is 1.81. The van der Waals surface area contributed by atoms with Gasteiger partial charge in [0.25, 0.3) is 0 Å². The summed E-state index contributed by atoms with van der Waals surface area (Å²) in [5.74, 6) is 0.527. The number of aryl methyl sites for hydroxylation is 1. The molecule has 1 N–H and O–H groups in total. The Labute approximate surface area is 125 Å². The summed E-state index contributed by atoms with van der Waals surface area (Å²) in [6, 6.07) is 7.09. The van der Waals surface area contributed by atoms with Gasteiger partial charge in [-0.05, 0) is 37.6 Å². The summed E-state index contributed by atoms with van der Waals surface area (Å²) in [6.45, 7) is 4.47. The van der Waals surface area contributed by atoms with Gasteiger partial charge in [-0.3, -0.25) is 4.98 Å². The minimum absolute atomic E-state index is 0.184. The van der Waals surface area contributed by atoms with Gasteiger partial charge in [-0.2, -0.15) is 0 Å².